The van der Waals surface area contributed by atoms with Gasteiger partial charge in [0.2, 0.25) is 0 Å². The summed E-state index contributed by atoms with van der Waals surface area (Å²) in [5, 5.41) is 18.4. The molecule has 0 unspecified atom stereocenters. The number of hydrogen-bond donors (Lipinski definition) is 1. The Morgan fingerprint density at radius 3 is 2.90 bits per heavy atom. The van der Waals surface area contributed by atoms with Crippen molar-refractivity contribution in [2.24, 2.45) is 7.05 Å². The van der Waals surface area contributed by atoms with Gasteiger partial charge < -0.3 is 10.1 Å². The molecule has 2 aromatic rings. The average molecular weight is 290 g/mol. The molecule has 0 atom stereocenters. The van der Waals surface area contributed by atoms with Crippen molar-refractivity contribution in [3.8, 4) is 5.75 Å². The highest BCUT2D eigenvalue weighted by molar-refractivity contribution is 5.68. The smallest absolute Gasteiger partial charge is 0.333 e. The van der Waals surface area contributed by atoms with Crippen LogP contribution in [0.3, 0.4) is 0 Å². The molecule has 1 heterocycles. The molecule has 7 heteroatoms. The SMILES string of the molecule is CCCOc1cccc(NCc2cnn(C)c2)c1[N+](=O)[O-]. The lowest BCUT2D eigenvalue weighted by molar-refractivity contribution is -0.385. The maximum Gasteiger partial charge on any atom is 0.333 e. The van der Waals surface area contributed by atoms with Crippen LogP contribution in [0.4, 0.5) is 11.4 Å². The molecule has 0 aliphatic heterocycles. The summed E-state index contributed by atoms with van der Waals surface area (Å²) in [7, 11) is 1.82. The standard InChI is InChI=1S/C14H18N4O3/c1-3-7-21-13-6-4-5-12(14(13)18(19)20)15-8-11-9-16-17(2)10-11/h4-6,9-10,15H,3,7-8H2,1-2H3. The fourth-order valence-corrected chi connectivity index (χ4v) is 1.94. The number of benzene rings is 1. The Balaban J connectivity index is 2.19. The van der Waals surface area contributed by atoms with Gasteiger partial charge in [-0.05, 0) is 18.6 Å². The van der Waals surface area contributed by atoms with Crippen LogP contribution < -0.4 is 10.1 Å². The van der Waals surface area contributed by atoms with Crippen LogP contribution in [0.25, 0.3) is 0 Å². The molecule has 1 aromatic carbocycles. The van der Waals surface area contributed by atoms with Crippen molar-refractivity contribution in [2.75, 3.05) is 11.9 Å². The Morgan fingerprint density at radius 1 is 1.48 bits per heavy atom. The van der Waals surface area contributed by atoms with E-state index in [-0.39, 0.29) is 11.4 Å². The van der Waals surface area contributed by atoms with Gasteiger partial charge in [-0.3, -0.25) is 14.8 Å². The second-order valence-corrected chi connectivity index (χ2v) is 4.63. The molecule has 0 bridgehead atoms. The minimum Gasteiger partial charge on any atom is -0.487 e. The fraction of sp³-hybridized carbons (Fsp3) is 0.357. The highest BCUT2D eigenvalue weighted by Gasteiger charge is 2.20. The lowest BCUT2D eigenvalue weighted by Gasteiger charge is -2.10. The molecular weight excluding hydrogens is 272 g/mol. The van der Waals surface area contributed by atoms with Gasteiger partial charge in [-0.1, -0.05) is 13.0 Å². The Kier molecular flexibility index (Phi) is 4.76. The van der Waals surface area contributed by atoms with E-state index >= 15 is 0 Å². The number of rotatable bonds is 7. The predicted octanol–water partition coefficient (Wildman–Crippen LogP) is 2.73. The Labute approximate surface area is 122 Å². The van der Waals surface area contributed by atoms with Crippen molar-refractivity contribution in [1.29, 1.82) is 0 Å². The van der Waals surface area contributed by atoms with Crippen LogP contribution in [0.2, 0.25) is 0 Å². The van der Waals surface area contributed by atoms with Crippen LogP contribution in [-0.2, 0) is 13.6 Å². The van der Waals surface area contributed by atoms with Crippen LogP contribution in [0.5, 0.6) is 5.75 Å². The van der Waals surface area contributed by atoms with Gasteiger partial charge in [0.15, 0.2) is 5.75 Å². The maximum absolute atomic E-state index is 11.3. The Hall–Kier alpha value is -2.57. The first-order chi connectivity index (χ1) is 10.1. The molecule has 0 spiro atoms. The molecule has 0 saturated carbocycles. The van der Waals surface area contributed by atoms with Crippen molar-refractivity contribution in [2.45, 2.75) is 19.9 Å². The zero-order valence-electron chi connectivity index (χ0n) is 12.1. The van der Waals surface area contributed by atoms with E-state index in [4.69, 9.17) is 4.74 Å². The number of aromatic nitrogens is 2. The third-order valence-corrected chi connectivity index (χ3v) is 2.88. The first-order valence-electron chi connectivity index (χ1n) is 6.73. The fourth-order valence-electron chi connectivity index (χ4n) is 1.94. The van der Waals surface area contributed by atoms with Gasteiger partial charge in [-0.15, -0.1) is 0 Å². The summed E-state index contributed by atoms with van der Waals surface area (Å²) in [6, 6.07) is 5.03. The van der Waals surface area contributed by atoms with Gasteiger partial charge in [0.1, 0.15) is 5.69 Å². The van der Waals surface area contributed by atoms with Gasteiger partial charge in [0, 0.05) is 25.4 Å². The Bertz CT molecular complexity index is 624. The lowest BCUT2D eigenvalue weighted by atomic mass is 10.2. The minimum absolute atomic E-state index is 0.0326. The number of nitrogens with one attached hydrogen (secondary N) is 1. The molecule has 0 aliphatic carbocycles. The van der Waals surface area contributed by atoms with E-state index in [0.717, 1.165) is 12.0 Å². The molecule has 2 rings (SSSR count). The zero-order valence-corrected chi connectivity index (χ0v) is 12.1. The van der Waals surface area contributed by atoms with Crippen molar-refractivity contribution in [1.82, 2.24) is 9.78 Å². The number of anilines is 1. The minimum atomic E-state index is -0.420. The molecule has 0 amide bonds. The highest BCUT2D eigenvalue weighted by atomic mass is 16.6. The van der Waals surface area contributed by atoms with Crippen molar-refractivity contribution in [3.05, 3.63) is 46.3 Å². The number of nitrogens with zero attached hydrogens (tertiary/aromatic N) is 3. The first kappa shape index (κ1) is 14.8. The van der Waals surface area contributed by atoms with Crippen LogP contribution in [-0.4, -0.2) is 21.3 Å². The van der Waals surface area contributed by atoms with Gasteiger partial charge >= 0.3 is 5.69 Å². The summed E-state index contributed by atoms with van der Waals surface area (Å²) in [5.74, 6) is 0.290. The van der Waals surface area contributed by atoms with Crippen molar-refractivity contribution < 1.29 is 9.66 Å². The largest absolute Gasteiger partial charge is 0.487 e. The summed E-state index contributed by atoms with van der Waals surface area (Å²) < 4.78 is 7.13. The van der Waals surface area contributed by atoms with Gasteiger partial charge in [0.05, 0.1) is 17.7 Å². The number of aryl methyl sites for hydroxylation is 1. The molecule has 0 saturated heterocycles. The maximum atomic E-state index is 11.3. The van der Waals surface area contributed by atoms with Crippen molar-refractivity contribution in [3.63, 3.8) is 0 Å². The quantitative estimate of drug-likeness (QED) is 0.626. The average Bonchev–Trinajstić information content (AvgIpc) is 2.88. The molecule has 112 valence electrons. The second kappa shape index (κ2) is 6.74. The van der Waals surface area contributed by atoms with E-state index in [1.54, 1.807) is 29.1 Å². The van der Waals surface area contributed by atoms with Crippen molar-refractivity contribution >= 4 is 11.4 Å². The highest BCUT2D eigenvalue weighted by Crippen LogP contribution is 2.35. The molecule has 21 heavy (non-hydrogen) atoms. The second-order valence-electron chi connectivity index (χ2n) is 4.63. The third-order valence-electron chi connectivity index (χ3n) is 2.88. The Morgan fingerprint density at radius 2 is 2.29 bits per heavy atom. The predicted molar refractivity (Wildman–Crippen MR) is 79.4 cm³/mol. The lowest BCUT2D eigenvalue weighted by Crippen LogP contribution is -2.05. The molecule has 1 N–H and O–H groups in total. The number of ether oxygens (including phenoxy) is 1. The van der Waals surface area contributed by atoms with Gasteiger partial charge in [-0.2, -0.15) is 5.10 Å². The van der Waals surface area contributed by atoms with E-state index < -0.39 is 4.92 Å². The monoisotopic (exact) mass is 290 g/mol. The molecule has 0 radical (unpaired) electrons. The van der Waals surface area contributed by atoms with E-state index in [1.807, 2.05) is 20.2 Å². The molecule has 1 aromatic heterocycles. The first-order valence-corrected chi connectivity index (χ1v) is 6.73. The summed E-state index contributed by atoms with van der Waals surface area (Å²) in [5.41, 5.74) is 1.36. The van der Waals surface area contributed by atoms with Crippen LogP contribution in [0.15, 0.2) is 30.6 Å². The normalized spacial score (nSPS) is 10.4. The summed E-state index contributed by atoms with van der Waals surface area (Å²) >= 11 is 0. The molecular formula is C14H18N4O3. The molecule has 0 fully saturated rings. The number of nitro benzene ring substituents is 1. The van der Waals surface area contributed by atoms with E-state index in [2.05, 4.69) is 10.4 Å². The molecule has 7 nitrogen and oxygen atoms in total. The third kappa shape index (κ3) is 3.71. The summed E-state index contributed by atoms with van der Waals surface area (Å²) in [6.07, 6.45) is 4.37. The van der Waals surface area contributed by atoms with Crippen LogP contribution in [0.1, 0.15) is 18.9 Å². The molecule has 0 aliphatic rings. The van der Waals surface area contributed by atoms with Crippen LogP contribution in [0, 0.1) is 10.1 Å². The zero-order chi connectivity index (χ0) is 15.2. The van der Waals surface area contributed by atoms with Crippen LogP contribution >= 0.6 is 0 Å². The summed E-state index contributed by atoms with van der Waals surface area (Å²) in [6.45, 7) is 2.87. The van der Waals surface area contributed by atoms with Gasteiger partial charge in [-0.25, -0.2) is 0 Å². The van der Waals surface area contributed by atoms with E-state index in [1.165, 1.54) is 0 Å². The van der Waals surface area contributed by atoms with Gasteiger partial charge in [0.25, 0.3) is 0 Å². The number of nitro groups is 1. The number of hydrogen-bond acceptors (Lipinski definition) is 5. The van der Waals surface area contributed by atoms with E-state index in [0.29, 0.717) is 18.8 Å². The number of para-hydroxylation sites is 1. The summed E-state index contributed by atoms with van der Waals surface area (Å²) in [4.78, 5) is 10.9. The topological polar surface area (TPSA) is 82.2 Å². The van der Waals surface area contributed by atoms with E-state index in [9.17, 15) is 10.1 Å².